The third-order valence-electron chi connectivity index (χ3n) is 2.73. The number of aryl methyl sites for hydroxylation is 2. The van der Waals surface area contributed by atoms with Crippen molar-refractivity contribution in [1.29, 1.82) is 0 Å². The SMILES string of the molecule is COc1ccc(C)cc1CNCc1cc(C)on1.Cl. The molecule has 104 valence electrons. The Kier molecular flexibility index (Phi) is 5.86. The number of aromatic nitrogens is 1. The molecule has 5 heteroatoms. The maximum absolute atomic E-state index is 5.33. The fourth-order valence-corrected chi connectivity index (χ4v) is 1.87. The predicted octanol–water partition coefficient (Wildman–Crippen LogP) is 3.01. The van der Waals surface area contributed by atoms with Crippen LogP contribution in [0.3, 0.4) is 0 Å². The first-order valence-electron chi connectivity index (χ1n) is 5.95. The summed E-state index contributed by atoms with van der Waals surface area (Å²) < 4.78 is 10.3. The summed E-state index contributed by atoms with van der Waals surface area (Å²) in [6.07, 6.45) is 0. The molecular formula is C14H19ClN2O2. The predicted molar refractivity (Wildman–Crippen MR) is 76.8 cm³/mol. The Hall–Kier alpha value is -1.52. The van der Waals surface area contributed by atoms with Crippen molar-refractivity contribution in [2.24, 2.45) is 0 Å². The van der Waals surface area contributed by atoms with Crippen LogP contribution in [0.25, 0.3) is 0 Å². The Morgan fingerprint density at radius 3 is 2.63 bits per heavy atom. The van der Waals surface area contributed by atoms with Crippen LogP contribution in [0.1, 0.15) is 22.6 Å². The van der Waals surface area contributed by atoms with Crippen molar-refractivity contribution in [2.45, 2.75) is 26.9 Å². The van der Waals surface area contributed by atoms with Gasteiger partial charge < -0.3 is 14.6 Å². The molecule has 1 heterocycles. The summed E-state index contributed by atoms with van der Waals surface area (Å²) in [6.45, 7) is 5.40. The molecule has 0 radical (unpaired) electrons. The van der Waals surface area contributed by atoms with E-state index in [9.17, 15) is 0 Å². The molecule has 0 bridgehead atoms. The molecule has 0 unspecified atom stereocenters. The van der Waals surface area contributed by atoms with Crippen LogP contribution >= 0.6 is 12.4 Å². The molecule has 0 amide bonds. The van der Waals surface area contributed by atoms with Gasteiger partial charge in [0.1, 0.15) is 11.5 Å². The van der Waals surface area contributed by atoms with Gasteiger partial charge in [0.05, 0.1) is 12.8 Å². The number of nitrogens with zero attached hydrogens (tertiary/aromatic N) is 1. The molecule has 0 aliphatic heterocycles. The van der Waals surface area contributed by atoms with Gasteiger partial charge in [0.15, 0.2) is 0 Å². The molecule has 0 aliphatic rings. The van der Waals surface area contributed by atoms with Gasteiger partial charge in [-0.15, -0.1) is 12.4 Å². The zero-order valence-corrected chi connectivity index (χ0v) is 12.2. The number of rotatable bonds is 5. The minimum Gasteiger partial charge on any atom is -0.496 e. The van der Waals surface area contributed by atoms with Crippen LogP contribution in [0.2, 0.25) is 0 Å². The van der Waals surface area contributed by atoms with Crippen molar-refractivity contribution >= 4 is 12.4 Å². The van der Waals surface area contributed by atoms with Crippen LogP contribution in [0.4, 0.5) is 0 Å². The van der Waals surface area contributed by atoms with Crippen LogP contribution in [-0.2, 0) is 13.1 Å². The number of benzene rings is 1. The highest BCUT2D eigenvalue weighted by Gasteiger charge is 2.04. The third-order valence-corrected chi connectivity index (χ3v) is 2.73. The van der Waals surface area contributed by atoms with Crippen LogP contribution in [-0.4, -0.2) is 12.3 Å². The van der Waals surface area contributed by atoms with Crippen LogP contribution < -0.4 is 10.1 Å². The van der Waals surface area contributed by atoms with Crippen LogP contribution in [0.5, 0.6) is 5.75 Å². The molecule has 1 aromatic carbocycles. The Labute approximate surface area is 119 Å². The maximum Gasteiger partial charge on any atom is 0.133 e. The molecule has 0 aliphatic carbocycles. The summed E-state index contributed by atoms with van der Waals surface area (Å²) in [4.78, 5) is 0. The van der Waals surface area contributed by atoms with Crippen molar-refractivity contribution in [1.82, 2.24) is 10.5 Å². The molecule has 2 aromatic rings. The minimum atomic E-state index is 0. The zero-order chi connectivity index (χ0) is 13.0. The van der Waals surface area contributed by atoms with E-state index in [0.717, 1.165) is 29.3 Å². The minimum absolute atomic E-state index is 0. The first-order chi connectivity index (χ1) is 8.69. The first kappa shape index (κ1) is 15.5. The van der Waals surface area contributed by atoms with E-state index in [1.165, 1.54) is 5.56 Å². The Balaban J connectivity index is 0.00000180. The number of hydrogen-bond donors (Lipinski definition) is 1. The second kappa shape index (κ2) is 7.16. The maximum atomic E-state index is 5.33. The van der Waals surface area contributed by atoms with Crippen molar-refractivity contribution in [3.8, 4) is 5.75 Å². The van der Waals surface area contributed by atoms with Crippen LogP contribution in [0.15, 0.2) is 28.8 Å². The largest absolute Gasteiger partial charge is 0.496 e. The number of halogens is 1. The molecule has 0 fully saturated rings. The number of ether oxygens (including phenoxy) is 1. The van der Waals surface area contributed by atoms with Crippen LogP contribution in [0, 0.1) is 13.8 Å². The van der Waals surface area contributed by atoms with Gasteiger partial charge in [-0.2, -0.15) is 0 Å². The van der Waals surface area contributed by atoms with Gasteiger partial charge in [-0.1, -0.05) is 22.9 Å². The summed E-state index contributed by atoms with van der Waals surface area (Å²) in [5.41, 5.74) is 3.29. The summed E-state index contributed by atoms with van der Waals surface area (Å²) >= 11 is 0. The topological polar surface area (TPSA) is 47.3 Å². The van der Waals surface area contributed by atoms with E-state index in [1.54, 1.807) is 7.11 Å². The summed E-state index contributed by atoms with van der Waals surface area (Å²) in [5, 5.41) is 7.27. The lowest BCUT2D eigenvalue weighted by atomic mass is 10.1. The van der Waals surface area contributed by atoms with Gasteiger partial charge in [0.25, 0.3) is 0 Å². The van der Waals surface area contributed by atoms with Crippen molar-refractivity contribution in [2.75, 3.05) is 7.11 Å². The fourth-order valence-electron chi connectivity index (χ4n) is 1.87. The summed E-state index contributed by atoms with van der Waals surface area (Å²) in [5.74, 6) is 1.74. The monoisotopic (exact) mass is 282 g/mol. The zero-order valence-electron chi connectivity index (χ0n) is 11.4. The fraction of sp³-hybridized carbons (Fsp3) is 0.357. The molecule has 2 rings (SSSR count). The highest BCUT2D eigenvalue weighted by Crippen LogP contribution is 2.19. The van der Waals surface area contributed by atoms with E-state index in [1.807, 2.05) is 25.1 Å². The lowest BCUT2D eigenvalue weighted by Gasteiger charge is -2.09. The van der Waals surface area contributed by atoms with E-state index < -0.39 is 0 Å². The molecule has 19 heavy (non-hydrogen) atoms. The van der Waals surface area contributed by atoms with Gasteiger partial charge in [-0.3, -0.25) is 0 Å². The second-order valence-corrected chi connectivity index (χ2v) is 4.35. The molecule has 0 saturated heterocycles. The van der Waals surface area contributed by atoms with Gasteiger partial charge in [0.2, 0.25) is 0 Å². The average molecular weight is 283 g/mol. The average Bonchev–Trinajstić information content (AvgIpc) is 2.75. The van der Waals surface area contributed by atoms with Gasteiger partial charge in [0, 0.05) is 24.7 Å². The highest BCUT2D eigenvalue weighted by molar-refractivity contribution is 5.85. The van der Waals surface area contributed by atoms with Crippen molar-refractivity contribution < 1.29 is 9.26 Å². The second-order valence-electron chi connectivity index (χ2n) is 4.35. The number of hydrogen-bond acceptors (Lipinski definition) is 4. The van der Waals surface area contributed by atoms with E-state index in [0.29, 0.717) is 6.54 Å². The van der Waals surface area contributed by atoms with E-state index in [-0.39, 0.29) is 12.4 Å². The van der Waals surface area contributed by atoms with Gasteiger partial charge >= 0.3 is 0 Å². The Bertz CT molecular complexity index is 526. The quantitative estimate of drug-likeness (QED) is 0.916. The molecule has 1 N–H and O–H groups in total. The van der Waals surface area contributed by atoms with E-state index in [2.05, 4.69) is 23.5 Å². The number of methoxy groups -OCH3 is 1. The lowest BCUT2D eigenvalue weighted by molar-refractivity contribution is 0.387. The van der Waals surface area contributed by atoms with Gasteiger partial charge in [-0.25, -0.2) is 0 Å². The number of nitrogens with one attached hydrogen (secondary N) is 1. The Morgan fingerprint density at radius 2 is 2.00 bits per heavy atom. The van der Waals surface area contributed by atoms with Crippen molar-refractivity contribution in [3.63, 3.8) is 0 Å². The molecule has 1 aromatic heterocycles. The van der Waals surface area contributed by atoms with E-state index in [4.69, 9.17) is 9.26 Å². The molecule has 0 atom stereocenters. The molecular weight excluding hydrogens is 264 g/mol. The van der Waals surface area contributed by atoms with Crippen molar-refractivity contribution in [3.05, 3.63) is 46.8 Å². The van der Waals surface area contributed by atoms with Gasteiger partial charge in [-0.05, 0) is 19.9 Å². The third kappa shape index (κ3) is 4.26. The molecule has 0 spiro atoms. The summed E-state index contributed by atoms with van der Waals surface area (Å²) in [6, 6.07) is 8.09. The molecule has 4 nitrogen and oxygen atoms in total. The van der Waals surface area contributed by atoms with E-state index >= 15 is 0 Å². The first-order valence-corrected chi connectivity index (χ1v) is 5.95. The standard InChI is InChI=1S/C14H18N2O2.ClH/c1-10-4-5-14(17-3)12(6-10)8-15-9-13-7-11(2)18-16-13;/h4-7,15H,8-9H2,1-3H3;1H. The Morgan fingerprint density at radius 1 is 1.21 bits per heavy atom. The molecule has 0 saturated carbocycles. The highest BCUT2D eigenvalue weighted by atomic mass is 35.5. The summed E-state index contributed by atoms with van der Waals surface area (Å²) in [7, 11) is 1.69. The normalized spacial score (nSPS) is 10.1. The lowest BCUT2D eigenvalue weighted by Crippen LogP contribution is -2.13. The smallest absolute Gasteiger partial charge is 0.133 e.